The first-order chi connectivity index (χ1) is 11.5. The van der Waals surface area contributed by atoms with Gasteiger partial charge in [-0.15, -0.1) is 0 Å². The lowest BCUT2D eigenvalue weighted by Gasteiger charge is -2.12. The first-order valence-electron chi connectivity index (χ1n) is 7.28. The highest BCUT2D eigenvalue weighted by molar-refractivity contribution is 9.10. The van der Waals surface area contributed by atoms with Crippen molar-refractivity contribution in [2.75, 3.05) is 6.61 Å². The molecule has 0 N–H and O–H groups in total. The van der Waals surface area contributed by atoms with Crippen LogP contribution in [0.2, 0.25) is 0 Å². The second-order valence-corrected chi connectivity index (χ2v) is 6.03. The van der Waals surface area contributed by atoms with Crippen LogP contribution in [0, 0.1) is 6.92 Å². The minimum absolute atomic E-state index is 0.0214. The number of halogens is 1. The number of carbonyl (C=O) groups is 1. The Balaban J connectivity index is 2.21. The van der Waals surface area contributed by atoms with Gasteiger partial charge < -0.3 is 13.8 Å². The predicted octanol–water partition coefficient (Wildman–Crippen LogP) is 2.68. The Hall–Kier alpha value is -2.48. The topological polar surface area (TPSA) is 87.2 Å². The number of aromatic nitrogens is 3. The molecule has 0 spiro atoms. The van der Waals surface area contributed by atoms with Gasteiger partial charge in [0.25, 0.3) is 0 Å². The van der Waals surface area contributed by atoms with Crippen molar-refractivity contribution in [3.8, 4) is 0 Å². The van der Waals surface area contributed by atoms with Gasteiger partial charge in [-0.05, 0) is 25.1 Å². The van der Waals surface area contributed by atoms with Gasteiger partial charge in [-0.2, -0.15) is 4.98 Å². The fraction of sp³-hybridized carbons (Fsp3) is 0.250. The van der Waals surface area contributed by atoms with Crippen LogP contribution in [-0.2, 0) is 11.3 Å². The van der Waals surface area contributed by atoms with Crippen LogP contribution >= 0.6 is 15.9 Å². The van der Waals surface area contributed by atoms with E-state index in [1.165, 1.54) is 6.20 Å². The number of ether oxygens (including phenoxy) is 1. The molecule has 8 heteroatoms. The summed E-state index contributed by atoms with van der Waals surface area (Å²) >= 11 is 3.40. The second kappa shape index (κ2) is 6.56. The van der Waals surface area contributed by atoms with Crippen molar-refractivity contribution in [1.82, 2.24) is 14.7 Å². The van der Waals surface area contributed by atoms with E-state index in [9.17, 15) is 9.59 Å². The van der Waals surface area contributed by atoms with Crippen LogP contribution in [0.3, 0.4) is 0 Å². The zero-order valence-electron chi connectivity index (χ0n) is 13.1. The Morgan fingerprint density at radius 2 is 2.21 bits per heavy atom. The maximum Gasteiger partial charge on any atom is 0.343 e. The quantitative estimate of drug-likeness (QED) is 0.635. The smallest absolute Gasteiger partial charge is 0.343 e. The molecule has 0 aliphatic heterocycles. The van der Waals surface area contributed by atoms with Crippen molar-refractivity contribution in [3.05, 3.63) is 56.4 Å². The third kappa shape index (κ3) is 3.09. The van der Waals surface area contributed by atoms with E-state index in [-0.39, 0.29) is 24.1 Å². The minimum Gasteiger partial charge on any atom is -0.462 e. The molecule has 0 bridgehead atoms. The van der Waals surface area contributed by atoms with Crippen LogP contribution in [0.4, 0.5) is 0 Å². The molecule has 0 unspecified atom stereocenters. The summed E-state index contributed by atoms with van der Waals surface area (Å²) in [5.74, 6) is 0.250. The van der Waals surface area contributed by atoms with Crippen LogP contribution in [0.25, 0.3) is 10.9 Å². The van der Waals surface area contributed by atoms with Gasteiger partial charge in [0.2, 0.25) is 11.3 Å². The lowest BCUT2D eigenvalue weighted by atomic mass is 10.1. The molecule has 124 valence electrons. The molecule has 0 aliphatic carbocycles. The lowest BCUT2D eigenvalue weighted by Crippen LogP contribution is -2.21. The van der Waals surface area contributed by atoms with Gasteiger partial charge in [0.05, 0.1) is 18.7 Å². The molecule has 3 aromatic rings. The van der Waals surface area contributed by atoms with Crippen LogP contribution in [0.15, 0.2) is 38.2 Å². The molecule has 3 rings (SSSR count). The van der Waals surface area contributed by atoms with Crippen molar-refractivity contribution >= 4 is 32.8 Å². The largest absolute Gasteiger partial charge is 0.462 e. The number of benzene rings is 1. The van der Waals surface area contributed by atoms with Crippen molar-refractivity contribution in [3.63, 3.8) is 0 Å². The highest BCUT2D eigenvalue weighted by Crippen LogP contribution is 2.19. The van der Waals surface area contributed by atoms with E-state index >= 15 is 0 Å². The van der Waals surface area contributed by atoms with E-state index in [4.69, 9.17) is 9.26 Å². The monoisotopic (exact) mass is 391 g/mol. The Labute approximate surface area is 145 Å². The molecule has 0 radical (unpaired) electrons. The van der Waals surface area contributed by atoms with Crippen LogP contribution in [0.5, 0.6) is 0 Å². The Kier molecular flexibility index (Phi) is 4.48. The molecular formula is C16H14BrN3O4. The number of hydrogen-bond acceptors (Lipinski definition) is 6. The molecule has 7 nitrogen and oxygen atoms in total. The molecule has 0 aliphatic rings. The highest BCUT2D eigenvalue weighted by Gasteiger charge is 2.17. The van der Waals surface area contributed by atoms with Crippen molar-refractivity contribution in [2.45, 2.75) is 20.4 Å². The molecule has 2 aromatic heterocycles. The number of nitrogens with zero attached hydrogens (tertiary/aromatic N) is 3. The first-order valence-corrected chi connectivity index (χ1v) is 8.08. The van der Waals surface area contributed by atoms with E-state index in [1.54, 1.807) is 36.6 Å². The van der Waals surface area contributed by atoms with Crippen molar-refractivity contribution < 1.29 is 14.1 Å². The number of hydrogen-bond donors (Lipinski definition) is 0. The van der Waals surface area contributed by atoms with E-state index < -0.39 is 5.97 Å². The summed E-state index contributed by atoms with van der Waals surface area (Å²) in [4.78, 5) is 28.8. The number of carbonyl (C=O) groups excluding carboxylic acids is 1. The fourth-order valence-electron chi connectivity index (χ4n) is 2.41. The zero-order chi connectivity index (χ0) is 17.3. The second-order valence-electron chi connectivity index (χ2n) is 5.11. The summed E-state index contributed by atoms with van der Waals surface area (Å²) in [5, 5.41) is 4.28. The van der Waals surface area contributed by atoms with E-state index in [1.807, 2.05) is 0 Å². The molecule has 0 atom stereocenters. The summed E-state index contributed by atoms with van der Waals surface area (Å²) in [6.45, 7) is 3.84. The van der Waals surface area contributed by atoms with Crippen LogP contribution in [-0.4, -0.2) is 27.3 Å². The Morgan fingerprint density at radius 1 is 1.42 bits per heavy atom. The van der Waals surface area contributed by atoms with Gasteiger partial charge in [0.1, 0.15) is 5.56 Å². The average molecular weight is 392 g/mol. The highest BCUT2D eigenvalue weighted by atomic mass is 79.9. The molecule has 24 heavy (non-hydrogen) atoms. The SMILES string of the molecule is CCOC(=O)c1cn(Cc2noc(C)n2)c2cc(Br)ccc2c1=O. The summed E-state index contributed by atoms with van der Waals surface area (Å²) in [5.41, 5.74) is 0.272. The van der Waals surface area contributed by atoms with Gasteiger partial charge in [0.15, 0.2) is 5.82 Å². The first kappa shape index (κ1) is 16.4. The van der Waals surface area contributed by atoms with Gasteiger partial charge in [0, 0.05) is 23.0 Å². The van der Waals surface area contributed by atoms with Gasteiger partial charge in [-0.3, -0.25) is 4.79 Å². The molecule has 2 heterocycles. The zero-order valence-corrected chi connectivity index (χ0v) is 14.7. The molecule has 0 amide bonds. The summed E-state index contributed by atoms with van der Waals surface area (Å²) in [6.07, 6.45) is 1.47. The standard InChI is InChI=1S/C16H14BrN3O4/c1-3-23-16(22)12-7-20(8-14-18-9(2)24-19-14)13-6-10(17)4-5-11(13)15(12)21/h4-7H,3,8H2,1-2H3. The van der Waals surface area contributed by atoms with Gasteiger partial charge >= 0.3 is 5.97 Å². The maximum absolute atomic E-state index is 12.6. The fourth-order valence-corrected chi connectivity index (χ4v) is 2.76. The Bertz CT molecular complexity index is 977. The molecule has 0 saturated carbocycles. The normalized spacial score (nSPS) is 11.0. The number of pyridine rings is 1. The molecule has 0 saturated heterocycles. The third-order valence-electron chi connectivity index (χ3n) is 3.42. The van der Waals surface area contributed by atoms with E-state index in [0.29, 0.717) is 22.6 Å². The number of aryl methyl sites for hydroxylation is 1. The van der Waals surface area contributed by atoms with E-state index in [2.05, 4.69) is 26.1 Å². The number of fused-ring (bicyclic) bond motifs is 1. The van der Waals surface area contributed by atoms with Gasteiger partial charge in [-0.1, -0.05) is 21.1 Å². The van der Waals surface area contributed by atoms with E-state index in [0.717, 1.165) is 4.47 Å². The number of esters is 1. The van der Waals surface area contributed by atoms with Crippen molar-refractivity contribution in [1.29, 1.82) is 0 Å². The molecular weight excluding hydrogens is 378 g/mol. The van der Waals surface area contributed by atoms with Gasteiger partial charge in [-0.25, -0.2) is 4.79 Å². The predicted molar refractivity (Wildman–Crippen MR) is 90.0 cm³/mol. The van der Waals surface area contributed by atoms with Crippen molar-refractivity contribution in [2.24, 2.45) is 0 Å². The lowest BCUT2D eigenvalue weighted by molar-refractivity contribution is 0.0524. The Morgan fingerprint density at radius 3 is 2.88 bits per heavy atom. The maximum atomic E-state index is 12.6. The average Bonchev–Trinajstić information content (AvgIpc) is 2.95. The minimum atomic E-state index is -0.648. The summed E-state index contributed by atoms with van der Waals surface area (Å²) < 4.78 is 12.5. The third-order valence-corrected chi connectivity index (χ3v) is 3.91. The molecule has 0 fully saturated rings. The summed E-state index contributed by atoms with van der Waals surface area (Å²) in [7, 11) is 0. The number of rotatable bonds is 4. The summed E-state index contributed by atoms with van der Waals surface area (Å²) in [6, 6.07) is 5.22. The van der Waals surface area contributed by atoms with Crippen LogP contribution < -0.4 is 5.43 Å². The van der Waals surface area contributed by atoms with Crippen LogP contribution in [0.1, 0.15) is 29.0 Å². The molecule has 1 aromatic carbocycles.